The van der Waals surface area contributed by atoms with E-state index in [1.165, 1.54) is 11.0 Å². The second-order valence-corrected chi connectivity index (χ2v) is 5.77. The number of nitrogens with zero attached hydrogens (tertiary/aromatic N) is 4. The molecule has 21 heavy (non-hydrogen) atoms. The molecule has 0 saturated heterocycles. The molecule has 2 unspecified atom stereocenters. The molecule has 1 aromatic rings. The van der Waals surface area contributed by atoms with Crippen LogP contribution < -0.4 is 5.32 Å². The monoisotopic (exact) mass is 303 g/mol. The molecule has 8 heteroatoms. The molecule has 2 atom stereocenters. The molecule has 1 aliphatic heterocycles. The highest BCUT2D eigenvalue weighted by Gasteiger charge is 2.42. The molecule has 1 aliphatic carbocycles. The molecule has 3 rings (SSSR count). The lowest BCUT2D eigenvalue weighted by Crippen LogP contribution is -2.52. The molecule has 118 valence electrons. The molecule has 2 heterocycles. The quantitative estimate of drug-likeness (QED) is 0.916. The predicted octanol–water partition coefficient (Wildman–Crippen LogP) is 1.50. The van der Waals surface area contributed by atoms with Gasteiger partial charge in [-0.3, -0.25) is 4.90 Å². The van der Waals surface area contributed by atoms with E-state index in [0.717, 1.165) is 19.5 Å². The maximum atomic E-state index is 12.8. The molecule has 0 amide bonds. The van der Waals surface area contributed by atoms with Gasteiger partial charge < -0.3 is 9.88 Å². The smallest absolute Gasteiger partial charge is 0.317 e. The molecule has 1 N–H and O–H groups in total. The van der Waals surface area contributed by atoms with E-state index in [2.05, 4.69) is 27.3 Å². The molecule has 2 aliphatic rings. The van der Waals surface area contributed by atoms with Gasteiger partial charge >= 0.3 is 6.18 Å². The molecule has 0 radical (unpaired) electrons. The van der Waals surface area contributed by atoms with Crippen LogP contribution in [0.15, 0.2) is 0 Å². The van der Waals surface area contributed by atoms with Crippen LogP contribution in [0.1, 0.15) is 31.4 Å². The number of aromatic nitrogens is 3. The van der Waals surface area contributed by atoms with Crippen molar-refractivity contribution < 1.29 is 13.2 Å². The fraction of sp³-hybridized carbons (Fsp3) is 0.846. The average molecular weight is 303 g/mol. The Morgan fingerprint density at radius 3 is 2.67 bits per heavy atom. The third-order valence-electron chi connectivity index (χ3n) is 4.54. The van der Waals surface area contributed by atoms with E-state index < -0.39 is 12.0 Å². The zero-order chi connectivity index (χ0) is 15.0. The van der Waals surface area contributed by atoms with Crippen molar-refractivity contribution in [1.82, 2.24) is 25.0 Å². The van der Waals surface area contributed by atoms with Crippen LogP contribution >= 0.6 is 0 Å². The first-order chi connectivity index (χ1) is 10.0. The third-order valence-corrected chi connectivity index (χ3v) is 4.54. The summed E-state index contributed by atoms with van der Waals surface area (Å²) >= 11 is 0. The van der Waals surface area contributed by atoms with Crippen LogP contribution in [-0.4, -0.2) is 45.3 Å². The van der Waals surface area contributed by atoms with E-state index in [0.29, 0.717) is 37.4 Å². The summed E-state index contributed by atoms with van der Waals surface area (Å²) in [6.07, 6.45) is -2.11. The number of halogens is 3. The summed E-state index contributed by atoms with van der Waals surface area (Å²) in [6, 6.07) is 0.462. The van der Waals surface area contributed by atoms with E-state index in [1.54, 1.807) is 0 Å². The van der Waals surface area contributed by atoms with Gasteiger partial charge in [-0.1, -0.05) is 6.92 Å². The lowest BCUT2D eigenvalue weighted by atomic mass is 9.78. The van der Waals surface area contributed by atoms with Crippen LogP contribution in [0.25, 0.3) is 0 Å². The van der Waals surface area contributed by atoms with E-state index in [4.69, 9.17) is 0 Å². The van der Waals surface area contributed by atoms with Gasteiger partial charge in [-0.25, -0.2) is 0 Å². The Kier molecular flexibility index (Phi) is 3.92. The van der Waals surface area contributed by atoms with Gasteiger partial charge in [0.2, 0.25) is 5.82 Å². The summed E-state index contributed by atoms with van der Waals surface area (Å²) in [7, 11) is 0. The third kappa shape index (κ3) is 2.78. The van der Waals surface area contributed by atoms with Crippen LogP contribution in [-0.2, 0) is 19.3 Å². The van der Waals surface area contributed by atoms with Crippen molar-refractivity contribution in [3.8, 4) is 0 Å². The van der Waals surface area contributed by atoms with Crippen LogP contribution in [0.4, 0.5) is 13.2 Å². The molecule has 5 nitrogen and oxygen atoms in total. The summed E-state index contributed by atoms with van der Waals surface area (Å²) < 4.78 is 39.6. The van der Waals surface area contributed by atoms with Crippen molar-refractivity contribution in [3.63, 3.8) is 0 Å². The molecular formula is C13H20F3N5. The van der Waals surface area contributed by atoms with Crippen molar-refractivity contribution in [2.75, 3.05) is 19.6 Å². The predicted molar refractivity (Wildman–Crippen MR) is 70.5 cm³/mol. The van der Waals surface area contributed by atoms with Crippen molar-refractivity contribution >= 4 is 0 Å². The Hall–Kier alpha value is -1.15. The van der Waals surface area contributed by atoms with Gasteiger partial charge in [0.1, 0.15) is 5.82 Å². The maximum Gasteiger partial charge on any atom is 0.451 e. The molecule has 0 aromatic carbocycles. The highest BCUT2D eigenvalue weighted by molar-refractivity contribution is 5.04. The van der Waals surface area contributed by atoms with E-state index in [-0.39, 0.29) is 0 Å². The molecule has 1 saturated carbocycles. The Labute approximate surface area is 121 Å². The molecule has 1 aromatic heterocycles. The van der Waals surface area contributed by atoms with Gasteiger partial charge in [0, 0.05) is 19.1 Å². The second kappa shape index (κ2) is 5.57. The Balaban J connectivity index is 1.67. The first-order valence-corrected chi connectivity index (χ1v) is 7.44. The zero-order valence-electron chi connectivity index (χ0n) is 12.0. The van der Waals surface area contributed by atoms with Crippen molar-refractivity contribution in [1.29, 1.82) is 0 Å². The van der Waals surface area contributed by atoms with Crippen molar-refractivity contribution in [3.05, 3.63) is 11.6 Å². The summed E-state index contributed by atoms with van der Waals surface area (Å²) in [5.74, 6) is 0.166. The van der Waals surface area contributed by atoms with Gasteiger partial charge in [-0.15, -0.1) is 10.2 Å². The average Bonchev–Trinajstić information content (AvgIpc) is 2.81. The Bertz CT molecular complexity index is 498. The second-order valence-electron chi connectivity index (χ2n) is 5.77. The summed E-state index contributed by atoms with van der Waals surface area (Å²) in [4.78, 5) is 2.26. The van der Waals surface area contributed by atoms with E-state index >= 15 is 0 Å². The van der Waals surface area contributed by atoms with Gasteiger partial charge in [-0.2, -0.15) is 13.2 Å². The van der Waals surface area contributed by atoms with Gasteiger partial charge in [-0.05, 0) is 31.8 Å². The lowest BCUT2D eigenvalue weighted by molar-refractivity contribution is -0.148. The van der Waals surface area contributed by atoms with Gasteiger partial charge in [0.25, 0.3) is 0 Å². The topological polar surface area (TPSA) is 46.0 Å². The number of fused-ring (bicyclic) bond motifs is 1. The highest BCUT2D eigenvalue weighted by Crippen LogP contribution is 2.35. The molecular weight excluding hydrogens is 283 g/mol. The minimum atomic E-state index is -4.42. The number of hydrogen-bond donors (Lipinski definition) is 1. The first-order valence-electron chi connectivity index (χ1n) is 7.44. The van der Waals surface area contributed by atoms with Gasteiger partial charge in [0.15, 0.2) is 0 Å². The summed E-state index contributed by atoms with van der Waals surface area (Å²) in [6.45, 7) is 5.44. The zero-order valence-corrected chi connectivity index (χ0v) is 12.0. The minimum Gasteiger partial charge on any atom is -0.317 e. The summed E-state index contributed by atoms with van der Waals surface area (Å²) in [5, 5.41) is 10.4. The molecule has 0 spiro atoms. The van der Waals surface area contributed by atoms with Crippen LogP contribution in [0.5, 0.6) is 0 Å². The largest absolute Gasteiger partial charge is 0.451 e. The minimum absolute atomic E-state index is 0.321. The molecule has 0 bridgehead atoms. The van der Waals surface area contributed by atoms with Crippen molar-refractivity contribution in [2.45, 2.75) is 45.1 Å². The number of nitrogens with one attached hydrogen (secondary N) is 1. The Morgan fingerprint density at radius 1 is 1.24 bits per heavy atom. The lowest BCUT2D eigenvalue weighted by Gasteiger charge is -2.46. The fourth-order valence-electron chi connectivity index (χ4n) is 3.27. The number of rotatable bonds is 4. The normalized spacial score (nSPS) is 26.5. The van der Waals surface area contributed by atoms with Gasteiger partial charge in [0.05, 0.1) is 6.54 Å². The highest BCUT2D eigenvalue weighted by atomic mass is 19.4. The number of alkyl halides is 3. The standard InChI is InChI=1S/C13H20F3N5/c1-2-17-7-9-3-4-10(9)20-5-6-21-11(8-20)18-19-12(21)13(14,15)16/h9-10,17H,2-8H2,1H3. The van der Waals surface area contributed by atoms with Crippen LogP contribution in [0, 0.1) is 5.92 Å². The SMILES string of the molecule is CCNCC1CCC1N1CCn2c(nnc2C(F)(F)F)C1. The molecule has 1 fully saturated rings. The maximum absolute atomic E-state index is 12.8. The van der Waals surface area contributed by atoms with E-state index in [1.807, 2.05) is 0 Å². The van der Waals surface area contributed by atoms with Crippen LogP contribution in [0.2, 0.25) is 0 Å². The van der Waals surface area contributed by atoms with Crippen molar-refractivity contribution in [2.24, 2.45) is 5.92 Å². The summed E-state index contributed by atoms with van der Waals surface area (Å²) in [5.41, 5.74) is 0. The fourth-order valence-corrected chi connectivity index (χ4v) is 3.27. The number of hydrogen-bond acceptors (Lipinski definition) is 4. The van der Waals surface area contributed by atoms with Crippen LogP contribution in [0.3, 0.4) is 0 Å². The Morgan fingerprint density at radius 2 is 2.05 bits per heavy atom. The first kappa shape index (κ1) is 14.8. The van der Waals surface area contributed by atoms with E-state index in [9.17, 15) is 13.2 Å².